The minimum absolute atomic E-state index is 0.462. The van der Waals surface area contributed by atoms with Gasteiger partial charge in [-0.1, -0.05) is 6.92 Å². The molecule has 0 aliphatic rings. The summed E-state index contributed by atoms with van der Waals surface area (Å²) >= 11 is 0. The molecule has 2 N–H and O–H groups in total. The lowest BCUT2D eigenvalue weighted by Gasteiger charge is -1.86. The maximum atomic E-state index is 9.34. The summed E-state index contributed by atoms with van der Waals surface area (Å²) in [5, 5.41) is 9.75. The van der Waals surface area contributed by atoms with E-state index in [2.05, 4.69) is 10.1 Å². The predicted molar refractivity (Wildman–Crippen MR) is 45.4 cm³/mol. The zero-order valence-electron chi connectivity index (χ0n) is 7.76. The van der Waals surface area contributed by atoms with Gasteiger partial charge in [-0.25, -0.2) is 0 Å². The average Bonchev–Trinajstić information content (AvgIpc) is 2.06. The summed E-state index contributed by atoms with van der Waals surface area (Å²) in [5.74, 6) is 0. The van der Waals surface area contributed by atoms with Gasteiger partial charge in [-0.3, -0.25) is 4.79 Å². The van der Waals surface area contributed by atoms with Gasteiger partial charge in [0, 0.05) is 7.11 Å². The Morgan fingerprint density at radius 2 is 1.82 bits per heavy atom. The topological polar surface area (TPSA) is 58.6 Å². The highest BCUT2D eigenvalue weighted by molar-refractivity contribution is 5.36. The molecule has 0 aliphatic heterocycles. The van der Waals surface area contributed by atoms with E-state index in [1.807, 2.05) is 21.0 Å². The fraction of sp³-hybridized carbons (Fsp3) is 0.857. The first-order valence-electron chi connectivity index (χ1n) is 3.41. The summed E-state index contributed by atoms with van der Waals surface area (Å²) in [4.78, 5) is 9.34. The number of carbonyl (C=O) groups is 1. The molecule has 0 unspecified atom stereocenters. The zero-order chi connectivity index (χ0) is 9.54. The predicted octanol–water partition coefficient (Wildman–Crippen LogP) is 0.0135. The molecule has 0 aromatic heterocycles. The normalized spacial score (nSPS) is 6.27. The van der Waals surface area contributed by atoms with E-state index in [1.54, 1.807) is 0 Å². The second-order valence-electron chi connectivity index (χ2n) is 1.47. The first-order chi connectivity index (χ1) is 5.33. The number of hydrogen-bond acceptors (Lipinski definition) is 4. The van der Waals surface area contributed by atoms with E-state index in [0.29, 0.717) is 13.1 Å². The molecule has 0 fully saturated rings. The number of aliphatic hydroxyl groups excluding tert-OH is 1. The van der Waals surface area contributed by atoms with Gasteiger partial charge < -0.3 is 15.2 Å². The molecular weight excluding hydrogens is 146 g/mol. The van der Waals surface area contributed by atoms with Crippen LogP contribution in [0.25, 0.3) is 0 Å². The molecule has 0 spiro atoms. The maximum absolute atomic E-state index is 9.34. The van der Waals surface area contributed by atoms with Crippen LogP contribution in [-0.4, -0.2) is 39.4 Å². The van der Waals surface area contributed by atoms with Crippen LogP contribution in [0, 0.1) is 0 Å². The summed E-state index contributed by atoms with van der Waals surface area (Å²) < 4.78 is 4.30. The summed E-state index contributed by atoms with van der Waals surface area (Å²) in [6.45, 7) is 2.95. The van der Waals surface area contributed by atoms with Crippen LogP contribution in [0.2, 0.25) is 0 Å². The van der Waals surface area contributed by atoms with Gasteiger partial charge in [0.2, 0.25) is 0 Å². The van der Waals surface area contributed by atoms with Gasteiger partial charge in [0.1, 0.15) is 0 Å². The number of aliphatic hydroxyl groups is 1. The molecule has 0 aromatic rings. The van der Waals surface area contributed by atoms with Crippen molar-refractivity contribution in [2.75, 3.05) is 27.8 Å². The Hall–Kier alpha value is -0.610. The molecule has 0 radical (unpaired) electrons. The van der Waals surface area contributed by atoms with Crippen molar-refractivity contribution in [3.63, 3.8) is 0 Å². The van der Waals surface area contributed by atoms with Crippen LogP contribution in [0.15, 0.2) is 0 Å². The van der Waals surface area contributed by atoms with Crippen molar-refractivity contribution in [3.05, 3.63) is 0 Å². The van der Waals surface area contributed by atoms with E-state index < -0.39 is 0 Å². The minimum Gasteiger partial charge on any atom is -0.468 e. The van der Waals surface area contributed by atoms with Crippen LogP contribution in [0.5, 0.6) is 0 Å². The smallest absolute Gasteiger partial charge is 0.293 e. The van der Waals surface area contributed by atoms with Crippen LogP contribution in [0.4, 0.5) is 0 Å². The van der Waals surface area contributed by atoms with Gasteiger partial charge in [0.15, 0.2) is 0 Å². The summed E-state index contributed by atoms with van der Waals surface area (Å²) in [6.07, 6.45) is 0.902. The van der Waals surface area contributed by atoms with Crippen molar-refractivity contribution in [2.24, 2.45) is 0 Å². The van der Waals surface area contributed by atoms with Crippen molar-refractivity contribution in [1.29, 1.82) is 0 Å². The van der Waals surface area contributed by atoms with Crippen LogP contribution < -0.4 is 5.32 Å². The summed E-state index contributed by atoms with van der Waals surface area (Å²) in [7, 11) is 4.75. The molecule has 11 heavy (non-hydrogen) atoms. The van der Waals surface area contributed by atoms with Crippen molar-refractivity contribution in [1.82, 2.24) is 5.32 Å². The lowest BCUT2D eigenvalue weighted by atomic mass is 10.5. The second-order valence-corrected chi connectivity index (χ2v) is 1.47. The first kappa shape index (κ1) is 16.8. The van der Waals surface area contributed by atoms with Gasteiger partial charge in [-0.05, 0) is 20.5 Å². The molecule has 0 saturated heterocycles. The molecule has 0 aliphatic carbocycles. The quantitative estimate of drug-likeness (QED) is 0.457. The molecular formula is C7H19NO3. The third kappa shape index (κ3) is 89.8. The van der Waals surface area contributed by atoms with Crippen molar-refractivity contribution in [2.45, 2.75) is 13.3 Å². The third-order valence-corrected chi connectivity index (χ3v) is 0.390. The molecule has 70 valence electrons. The van der Waals surface area contributed by atoms with Crippen molar-refractivity contribution < 1.29 is 14.6 Å². The summed E-state index contributed by atoms with van der Waals surface area (Å²) in [6, 6.07) is 0. The van der Waals surface area contributed by atoms with Crippen molar-refractivity contribution in [3.8, 4) is 0 Å². The highest BCUT2D eigenvalue weighted by atomic mass is 16.5. The van der Waals surface area contributed by atoms with E-state index in [4.69, 9.17) is 5.11 Å². The van der Waals surface area contributed by atoms with Gasteiger partial charge in [-0.15, -0.1) is 0 Å². The standard InChI is InChI=1S/C4H8O2.C2H7N.CH4O/c1-2-3-6-4-5;1-3-2;1-2/h4H,2-3H2,1H3;3H,1-2H3;2H,1H3. The van der Waals surface area contributed by atoms with E-state index >= 15 is 0 Å². The Morgan fingerprint density at radius 3 is 1.91 bits per heavy atom. The molecule has 4 heteroatoms. The number of ether oxygens (including phenoxy) is 1. The lowest BCUT2D eigenvalue weighted by Crippen LogP contribution is -1.89. The SMILES string of the molecule is CCCOC=O.CNC.CO. The van der Waals surface area contributed by atoms with Gasteiger partial charge in [0.05, 0.1) is 6.61 Å². The van der Waals surface area contributed by atoms with Crippen LogP contribution >= 0.6 is 0 Å². The Bertz CT molecular complexity index is 51.0. The van der Waals surface area contributed by atoms with E-state index in [9.17, 15) is 4.79 Å². The maximum Gasteiger partial charge on any atom is 0.293 e. The molecule has 0 saturated carbocycles. The Balaban J connectivity index is -0.000000109. The largest absolute Gasteiger partial charge is 0.468 e. The van der Waals surface area contributed by atoms with Crippen LogP contribution in [0.3, 0.4) is 0 Å². The lowest BCUT2D eigenvalue weighted by molar-refractivity contribution is -0.128. The molecule has 0 heterocycles. The molecule has 0 atom stereocenters. The average molecular weight is 165 g/mol. The molecule has 0 bridgehead atoms. The Morgan fingerprint density at radius 1 is 1.45 bits per heavy atom. The summed E-state index contributed by atoms with van der Waals surface area (Å²) in [5.41, 5.74) is 0. The molecule has 0 amide bonds. The molecule has 0 aromatic carbocycles. The molecule has 4 nitrogen and oxygen atoms in total. The van der Waals surface area contributed by atoms with Crippen LogP contribution in [-0.2, 0) is 9.53 Å². The zero-order valence-corrected chi connectivity index (χ0v) is 7.76. The van der Waals surface area contributed by atoms with Crippen LogP contribution in [0.1, 0.15) is 13.3 Å². The van der Waals surface area contributed by atoms with Gasteiger partial charge in [-0.2, -0.15) is 0 Å². The molecule has 0 rings (SSSR count). The van der Waals surface area contributed by atoms with Crippen molar-refractivity contribution >= 4 is 6.47 Å². The monoisotopic (exact) mass is 165 g/mol. The van der Waals surface area contributed by atoms with E-state index in [0.717, 1.165) is 13.5 Å². The highest BCUT2D eigenvalue weighted by Crippen LogP contribution is 1.71. The minimum atomic E-state index is 0.462. The first-order valence-corrected chi connectivity index (χ1v) is 3.41. The number of hydrogen-bond donors (Lipinski definition) is 2. The van der Waals surface area contributed by atoms with E-state index in [1.165, 1.54) is 0 Å². The third-order valence-electron chi connectivity index (χ3n) is 0.390. The van der Waals surface area contributed by atoms with E-state index in [-0.39, 0.29) is 0 Å². The van der Waals surface area contributed by atoms with Gasteiger partial charge in [0.25, 0.3) is 6.47 Å². The Labute approximate surface area is 68.6 Å². The van der Waals surface area contributed by atoms with Gasteiger partial charge >= 0.3 is 0 Å². The fourth-order valence-electron chi connectivity index (χ4n) is 0.166. The fourth-order valence-corrected chi connectivity index (χ4v) is 0.166. The Kier molecular flexibility index (Phi) is 52.3. The number of carbonyl (C=O) groups excluding carboxylic acids is 1. The highest BCUT2D eigenvalue weighted by Gasteiger charge is 1.71. The second kappa shape index (κ2) is 34.3. The number of rotatable bonds is 3. The number of nitrogens with one attached hydrogen (secondary N) is 1.